The molecule has 0 aromatic heterocycles. The Balaban J connectivity index is 2.64. The zero-order valence-corrected chi connectivity index (χ0v) is 9.64. The number of carboxylic acid groups (broad SMARTS) is 1. The van der Waals surface area contributed by atoms with E-state index >= 15 is 0 Å². The molecule has 0 spiro atoms. The van der Waals surface area contributed by atoms with E-state index in [0.29, 0.717) is 16.7 Å². The van der Waals surface area contributed by atoms with E-state index in [1.807, 2.05) is 0 Å². The number of phenols is 1. The number of halogens is 1. The highest BCUT2D eigenvalue weighted by molar-refractivity contribution is 5.90. The van der Waals surface area contributed by atoms with Crippen LogP contribution >= 0.6 is 0 Å². The molecule has 3 nitrogen and oxygen atoms in total. The van der Waals surface area contributed by atoms with Gasteiger partial charge in [0.2, 0.25) is 0 Å². The predicted octanol–water partition coefficient (Wildman–Crippen LogP) is 3.20. The molecule has 2 aromatic carbocycles. The Bertz CT molecular complexity index is 620. The van der Waals surface area contributed by atoms with Crippen LogP contribution in [0.25, 0.3) is 11.1 Å². The van der Waals surface area contributed by atoms with E-state index < -0.39 is 5.97 Å². The van der Waals surface area contributed by atoms with Crippen LogP contribution in [0.2, 0.25) is 0 Å². The molecule has 0 aliphatic heterocycles. The fourth-order valence-electron chi connectivity index (χ4n) is 1.81. The first-order chi connectivity index (χ1) is 8.49. The number of phenolic OH excluding ortho intramolecular Hbond substituents is 1. The third-order valence-corrected chi connectivity index (χ3v) is 2.74. The van der Waals surface area contributed by atoms with Crippen molar-refractivity contribution in [3.05, 3.63) is 53.3 Å². The van der Waals surface area contributed by atoms with Crippen molar-refractivity contribution in [2.45, 2.75) is 6.92 Å². The van der Waals surface area contributed by atoms with Gasteiger partial charge in [0, 0.05) is 0 Å². The molecule has 0 unspecified atom stereocenters. The van der Waals surface area contributed by atoms with E-state index in [-0.39, 0.29) is 17.1 Å². The van der Waals surface area contributed by atoms with Gasteiger partial charge in [-0.2, -0.15) is 0 Å². The maximum atomic E-state index is 13.4. The summed E-state index contributed by atoms with van der Waals surface area (Å²) < 4.78 is 13.4. The smallest absolute Gasteiger partial charge is 0.335 e. The first-order valence-corrected chi connectivity index (χ1v) is 5.32. The molecule has 0 saturated carbocycles. The summed E-state index contributed by atoms with van der Waals surface area (Å²) >= 11 is 0. The van der Waals surface area contributed by atoms with Crippen LogP contribution in [0.4, 0.5) is 4.39 Å². The lowest BCUT2D eigenvalue weighted by molar-refractivity contribution is 0.0696. The molecule has 0 aliphatic carbocycles. The molecule has 0 heterocycles. The number of rotatable bonds is 2. The number of aromatic hydroxyl groups is 1. The van der Waals surface area contributed by atoms with Gasteiger partial charge < -0.3 is 10.2 Å². The molecule has 0 bridgehead atoms. The molecule has 2 rings (SSSR count). The zero-order valence-electron chi connectivity index (χ0n) is 9.64. The van der Waals surface area contributed by atoms with Gasteiger partial charge in [-0.3, -0.25) is 0 Å². The van der Waals surface area contributed by atoms with E-state index in [0.717, 1.165) is 6.07 Å². The highest BCUT2D eigenvalue weighted by Crippen LogP contribution is 2.29. The second-order valence-electron chi connectivity index (χ2n) is 3.99. The zero-order chi connectivity index (χ0) is 13.3. The normalized spacial score (nSPS) is 10.3. The van der Waals surface area contributed by atoms with Crippen LogP contribution < -0.4 is 0 Å². The van der Waals surface area contributed by atoms with Gasteiger partial charge in [-0.1, -0.05) is 12.1 Å². The minimum Gasteiger partial charge on any atom is -0.508 e. The summed E-state index contributed by atoms with van der Waals surface area (Å²) in [6.45, 7) is 1.61. The van der Waals surface area contributed by atoms with Crippen LogP contribution in [0.5, 0.6) is 5.75 Å². The molecule has 2 aromatic rings. The lowest BCUT2D eigenvalue weighted by atomic mass is 9.98. The van der Waals surface area contributed by atoms with Crippen molar-refractivity contribution >= 4 is 5.97 Å². The van der Waals surface area contributed by atoms with Crippen molar-refractivity contribution in [2.24, 2.45) is 0 Å². The molecule has 4 heteroatoms. The average Bonchev–Trinajstić information content (AvgIpc) is 2.31. The van der Waals surface area contributed by atoms with Crippen LogP contribution in [-0.2, 0) is 0 Å². The summed E-state index contributed by atoms with van der Waals surface area (Å²) in [5, 5.41) is 18.4. The van der Waals surface area contributed by atoms with E-state index in [1.165, 1.54) is 18.2 Å². The van der Waals surface area contributed by atoms with Gasteiger partial charge in [0.05, 0.1) is 5.56 Å². The van der Waals surface area contributed by atoms with E-state index in [4.69, 9.17) is 5.11 Å². The van der Waals surface area contributed by atoms with Gasteiger partial charge in [-0.25, -0.2) is 9.18 Å². The monoisotopic (exact) mass is 246 g/mol. The molecule has 0 amide bonds. The molecular weight excluding hydrogens is 235 g/mol. The molecule has 0 atom stereocenters. The highest BCUT2D eigenvalue weighted by atomic mass is 19.1. The average molecular weight is 246 g/mol. The largest absolute Gasteiger partial charge is 0.508 e. The maximum absolute atomic E-state index is 13.4. The van der Waals surface area contributed by atoms with Crippen LogP contribution in [0.1, 0.15) is 15.9 Å². The second-order valence-corrected chi connectivity index (χ2v) is 3.99. The molecule has 18 heavy (non-hydrogen) atoms. The Hall–Kier alpha value is -2.36. The third-order valence-electron chi connectivity index (χ3n) is 2.74. The second kappa shape index (κ2) is 4.49. The molecule has 2 N–H and O–H groups in total. The number of carboxylic acids is 1. The van der Waals surface area contributed by atoms with Gasteiger partial charge in [0.25, 0.3) is 0 Å². The summed E-state index contributed by atoms with van der Waals surface area (Å²) in [5.41, 5.74) is 1.42. The predicted molar refractivity (Wildman–Crippen MR) is 65.2 cm³/mol. The highest BCUT2D eigenvalue weighted by Gasteiger charge is 2.11. The lowest BCUT2D eigenvalue weighted by Gasteiger charge is -2.08. The quantitative estimate of drug-likeness (QED) is 0.855. The number of aromatic carboxylic acids is 1. The Morgan fingerprint density at radius 1 is 1.22 bits per heavy atom. The Kier molecular flexibility index (Phi) is 3.02. The molecule has 0 saturated heterocycles. The standard InChI is InChI=1S/C14H11FO3/c1-8-12(3-2-4-13(8)15)9-5-10(14(17)18)7-11(16)6-9/h2-7,16H,1H3,(H,17,18). The summed E-state index contributed by atoms with van der Waals surface area (Å²) in [7, 11) is 0. The first kappa shape index (κ1) is 12.1. The van der Waals surface area contributed by atoms with Crippen molar-refractivity contribution in [1.82, 2.24) is 0 Å². The number of benzene rings is 2. The van der Waals surface area contributed by atoms with Crippen LogP contribution in [-0.4, -0.2) is 16.2 Å². The van der Waals surface area contributed by atoms with E-state index in [9.17, 15) is 14.3 Å². The van der Waals surface area contributed by atoms with Crippen LogP contribution in [0.3, 0.4) is 0 Å². The lowest BCUT2D eigenvalue weighted by Crippen LogP contribution is -1.97. The fourth-order valence-corrected chi connectivity index (χ4v) is 1.81. The minimum absolute atomic E-state index is 0.0336. The number of hydrogen-bond donors (Lipinski definition) is 2. The minimum atomic E-state index is -1.14. The van der Waals surface area contributed by atoms with E-state index in [2.05, 4.69) is 0 Å². The Morgan fingerprint density at radius 3 is 2.61 bits per heavy atom. The van der Waals surface area contributed by atoms with Gasteiger partial charge >= 0.3 is 5.97 Å². The SMILES string of the molecule is Cc1c(F)cccc1-c1cc(O)cc(C(=O)O)c1. The van der Waals surface area contributed by atoms with E-state index in [1.54, 1.807) is 19.1 Å². The summed E-state index contributed by atoms with van der Waals surface area (Å²) in [6.07, 6.45) is 0. The topological polar surface area (TPSA) is 57.5 Å². The van der Waals surface area contributed by atoms with Crippen molar-refractivity contribution in [3.63, 3.8) is 0 Å². The molecule has 0 fully saturated rings. The van der Waals surface area contributed by atoms with Crippen molar-refractivity contribution < 1.29 is 19.4 Å². The number of carbonyl (C=O) groups is 1. The summed E-state index contributed by atoms with van der Waals surface area (Å²) in [5.74, 6) is -1.66. The molecular formula is C14H11FO3. The summed E-state index contributed by atoms with van der Waals surface area (Å²) in [4.78, 5) is 10.9. The molecule has 92 valence electrons. The van der Waals surface area contributed by atoms with Crippen LogP contribution in [0, 0.1) is 12.7 Å². The first-order valence-electron chi connectivity index (χ1n) is 5.32. The van der Waals surface area contributed by atoms with Gasteiger partial charge in [-0.05, 0) is 47.9 Å². The molecule has 0 radical (unpaired) electrons. The van der Waals surface area contributed by atoms with Gasteiger partial charge in [-0.15, -0.1) is 0 Å². The van der Waals surface area contributed by atoms with Crippen LogP contribution in [0.15, 0.2) is 36.4 Å². The number of hydrogen-bond acceptors (Lipinski definition) is 2. The molecule has 0 aliphatic rings. The van der Waals surface area contributed by atoms with Crippen molar-refractivity contribution in [1.29, 1.82) is 0 Å². The van der Waals surface area contributed by atoms with Crippen molar-refractivity contribution in [2.75, 3.05) is 0 Å². The Morgan fingerprint density at radius 2 is 1.94 bits per heavy atom. The summed E-state index contributed by atoms with van der Waals surface area (Å²) in [6, 6.07) is 8.53. The van der Waals surface area contributed by atoms with Gasteiger partial charge in [0.1, 0.15) is 11.6 Å². The van der Waals surface area contributed by atoms with Gasteiger partial charge in [0.15, 0.2) is 0 Å². The third kappa shape index (κ3) is 2.18. The van der Waals surface area contributed by atoms with Crippen molar-refractivity contribution in [3.8, 4) is 16.9 Å². The fraction of sp³-hybridized carbons (Fsp3) is 0.0714. The Labute approximate surface area is 103 Å². The maximum Gasteiger partial charge on any atom is 0.335 e.